The van der Waals surface area contributed by atoms with E-state index in [2.05, 4.69) is 37.9 Å². The lowest BCUT2D eigenvalue weighted by molar-refractivity contribution is 0.0689. The van der Waals surface area contributed by atoms with Crippen molar-refractivity contribution in [2.45, 2.75) is 83.5 Å². The zero-order chi connectivity index (χ0) is 14.0. The SMILES string of the molecule is CC1CCC(C)N(C2CCC(CO)(NC(C)C)C2)C1. The quantitative estimate of drug-likeness (QED) is 0.822. The number of likely N-dealkylation sites (tertiary alicyclic amines) is 1. The Morgan fingerprint density at radius 3 is 2.63 bits per heavy atom. The van der Waals surface area contributed by atoms with Gasteiger partial charge in [0.15, 0.2) is 0 Å². The maximum atomic E-state index is 9.82. The van der Waals surface area contributed by atoms with Crippen molar-refractivity contribution in [1.29, 1.82) is 0 Å². The summed E-state index contributed by atoms with van der Waals surface area (Å²) in [5, 5.41) is 13.4. The number of nitrogens with zero attached hydrogens (tertiary/aromatic N) is 1. The fraction of sp³-hybridized carbons (Fsp3) is 1.00. The van der Waals surface area contributed by atoms with Crippen molar-refractivity contribution < 1.29 is 5.11 Å². The Morgan fingerprint density at radius 1 is 1.26 bits per heavy atom. The summed E-state index contributed by atoms with van der Waals surface area (Å²) in [6, 6.07) is 1.83. The second-order valence-corrected chi connectivity index (χ2v) is 7.36. The zero-order valence-electron chi connectivity index (χ0n) is 13.2. The lowest BCUT2D eigenvalue weighted by Gasteiger charge is -2.41. The normalized spacial score (nSPS) is 41.1. The van der Waals surface area contributed by atoms with Gasteiger partial charge in [-0.2, -0.15) is 0 Å². The molecule has 19 heavy (non-hydrogen) atoms. The Balaban J connectivity index is 1.99. The summed E-state index contributed by atoms with van der Waals surface area (Å²) < 4.78 is 0. The average molecular weight is 268 g/mol. The molecular formula is C16H32N2O. The van der Waals surface area contributed by atoms with Crippen LogP contribution in [0.25, 0.3) is 0 Å². The monoisotopic (exact) mass is 268 g/mol. The van der Waals surface area contributed by atoms with Gasteiger partial charge >= 0.3 is 0 Å². The Labute approximate surface area is 118 Å². The van der Waals surface area contributed by atoms with E-state index in [9.17, 15) is 5.11 Å². The molecule has 2 fully saturated rings. The van der Waals surface area contributed by atoms with E-state index < -0.39 is 0 Å². The van der Waals surface area contributed by atoms with Crippen LogP contribution in [0.2, 0.25) is 0 Å². The van der Waals surface area contributed by atoms with Crippen molar-refractivity contribution in [3.63, 3.8) is 0 Å². The van der Waals surface area contributed by atoms with Crippen LogP contribution < -0.4 is 5.32 Å². The molecule has 1 heterocycles. The molecule has 0 aromatic heterocycles. The van der Waals surface area contributed by atoms with Crippen molar-refractivity contribution in [3.05, 3.63) is 0 Å². The van der Waals surface area contributed by atoms with Crippen LogP contribution in [0.1, 0.15) is 59.8 Å². The van der Waals surface area contributed by atoms with Crippen LogP contribution in [0.3, 0.4) is 0 Å². The van der Waals surface area contributed by atoms with Gasteiger partial charge in [0.25, 0.3) is 0 Å². The largest absolute Gasteiger partial charge is 0.394 e. The number of hydrogen-bond donors (Lipinski definition) is 2. The summed E-state index contributed by atoms with van der Waals surface area (Å²) >= 11 is 0. The summed E-state index contributed by atoms with van der Waals surface area (Å²) in [6.07, 6.45) is 6.17. The van der Waals surface area contributed by atoms with E-state index in [0.29, 0.717) is 12.1 Å². The Morgan fingerprint density at radius 2 is 2.00 bits per heavy atom. The third-order valence-electron chi connectivity index (χ3n) is 5.11. The van der Waals surface area contributed by atoms with Crippen LogP contribution >= 0.6 is 0 Å². The van der Waals surface area contributed by atoms with E-state index >= 15 is 0 Å². The minimum absolute atomic E-state index is 0.0285. The third kappa shape index (κ3) is 3.50. The topological polar surface area (TPSA) is 35.5 Å². The first-order valence-electron chi connectivity index (χ1n) is 8.10. The summed E-state index contributed by atoms with van der Waals surface area (Å²) in [4.78, 5) is 2.72. The number of nitrogens with one attached hydrogen (secondary N) is 1. The van der Waals surface area contributed by atoms with Crippen LogP contribution in [0.4, 0.5) is 0 Å². The maximum absolute atomic E-state index is 9.82. The molecule has 1 saturated heterocycles. The second kappa shape index (κ2) is 6.11. The molecule has 3 nitrogen and oxygen atoms in total. The average Bonchev–Trinajstić information content (AvgIpc) is 2.76. The van der Waals surface area contributed by atoms with Crippen molar-refractivity contribution in [3.8, 4) is 0 Å². The van der Waals surface area contributed by atoms with Gasteiger partial charge < -0.3 is 10.4 Å². The van der Waals surface area contributed by atoms with Crippen molar-refractivity contribution in [1.82, 2.24) is 10.2 Å². The molecule has 1 aliphatic heterocycles. The molecule has 2 N–H and O–H groups in total. The van der Waals surface area contributed by atoms with Gasteiger partial charge in [0.1, 0.15) is 0 Å². The molecule has 0 radical (unpaired) electrons. The lowest BCUT2D eigenvalue weighted by Crippen LogP contribution is -2.52. The van der Waals surface area contributed by atoms with Crippen LogP contribution in [0.5, 0.6) is 0 Å². The zero-order valence-corrected chi connectivity index (χ0v) is 13.2. The number of piperidine rings is 1. The number of rotatable bonds is 4. The first-order valence-corrected chi connectivity index (χ1v) is 8.10. The predicted octanol–water partition coefficient (Wildman–Crippen LogP) is 2.39. The number of aliphatic hydroxyl groups is 1. The van der Waals surface area contributed by atoms with Gasteiger partial charge in [0, 0.05) is 30.2 Å². The van der Waals surface area contributed by atoms with E-state index in [1.165, 1.54) is 25.8 Å². The highest BCUT2D eigenvalue weighted by atomic mass is 16.3. The fourth-order valence-electron chi connectivity index (χ4n) is 4.15. The molecule has 0 bridgehead atoms. The molecular weight excluding hydrogens is 236 g/mol. The highest BCUT2D eigenvalue weighted by Crippen LogP contribution is 2.36. The smallest absolute Gasteiger partial charge is 0.0614 e. The van der Waals surface area contributed by atoms with Gasteiger partial charge in [-0.1, -0.05) is 20.8 Å². The molecule has 0 aromatic carbocycles. The van der Waals surface area contributed by atoms with Crippen LogP contribution in [-0.2, 0) is 0 Å². The van der Waals surface area contributed by atoms with E-state index in [4.69, 9.17) is 0 Å². The van der Waals surface area contributed by atoms with E-state index in [1.54, 1.807) is 0 Å². The van der Waals surface area contributed by atoms with Gasteiger partial charge in [-0.05, 0) is 44.9 Å². The minimum Gasteiger partial charge on any atom is -0.394 e. The molecule has 1 saturated carbocycles. The summed E-state index contributed by atoms with van der Waals surface area (Å²) in [7, 11) is 0. The second-order valence-electron chi connectivity index (χ2n) is 7.36. The first-order chi connectivity index (χ1) is 8.96. The lowest BCUT2D eigenvalue weighted by atomic mass is 9.92. The Hall–Kier alpha value is -0.120. The maximum Gasteiger partial charge on any atom is 0.0614 e. The van der Waals surface area contributed by atoms with E-state index in [0.717, 1.165) is 24.8 Å². The molecule has 112 valence electrons. The van der Waals surface area contributed by atoms with E-state index in [-0.39, 0.29) is 12.1 Å². The van der Waals surface area contributed by atoms with Crippen LogP contribution in [-0.4, -0.2) is 46.8 Å². The van der Waals surface area contributed by atoms with Crippen LogP contribution in [0.15, 0.2) is 0 Å². The summed E-state index contributed by atoms with van der Waals surface area (Å²) in [5.41, 5.74) is -0.0285. The molecule has 1 aliphatic carbocycles. The molecule has 4 atom stereocenters. The van der Waals surface area contributed by atoms with Crippen LogP contribution in [0, 0.1) is 5.92 Å². The van der Waals surface area contributed by atoms with Crippen molar-refractivity contribution >= 4 is 0 Å². The Bertz CT molecular complexity index is 294. The third-order valence-corrected chi connectivity index (χ3v) is 5.11. The first kappa shape index (κ1) is 15.3. The minimum atomic E-state index is -0.0285. The number of aliphatic hydroxyl groups excluding tert-OH is 1. The summed E-state index contributed by atoms with van der Waals surface area (Å²) in [6.45, 7) is 10.6. The molecule has 2 aliphatic rings. The van der Waals surface area contributed by atoms with Gasteiger partial charge in [-0.3, -0.25) is 4.90 Å². The Kier molecular flexibility index (Phi) is 4.91. The predicted molar refractivity (Wildman–Crippen MR) is 80.3 cm³/mol. The standard InChI is InChI=1S/C16H32N2O/c1-12(2)17-16(11-19)8-7-15(9-16)18-10-13(3)5-6-14(18)4/h12-15,17,19H,5-11H2,1-4H3. The van der Waals surface area contributed by atoms with Gasteiger partial charge in [0.2, 0.25) is 0 Å². The highest BCUT2D eigenvalue weighted by Gasteiger charge is 2.42. The highest BCUT2D eigenvalue weighted by molar-refractivity contribution is 5.01. The van der Waals surface area contributed by atoms with Gasteiger partial charge in [-0.25, -0.2) is 0 Å². The van der Waals surface area contributed by atoms with Gasteiger partial charge in [-0.15, -0.1) is 0 Å². The van der Waals surface area contributed by atoms with Crippen molar-refractivity contribution in [2.75, 3.05) is 13.2 Å². The van der Waals surface area contributed by atoms with Gasteiger partial charge in [0.05, 0.1) is 6.61 Å². The molecule has 0 spiro atoms. The molecule has 0 amide bonds. The summed E-state index contributed by atoms with van der Waals surface area (Å²) in [5.74, 6) is 0.832. The molecule has 4 unspecified atom stereocenters. The fourth-order valence-corrected chi connectivity index (χ4v) is 4.15. The van der Waals surface area contributed by atoms with E-state index in [1.807, 2.05) is 0 Å². The molecule has 2 rings (SSSR count). The molecule has 0 aromatic rings. The number of hydrogen-bond acceptors (Lipinski definition) is 3. The van der Waals surface area contributed by atoms with Crippen molar-refractivity contribution in [2.24, 2.45) is 5.92 Å². The molecule has 3 heteroatoms.